The normalized spacial score (nSPS) is 32.0. The lowest BCUT2D eigenvalue weighted by atomic mass is 9.64. The van der Waals surface area contributed by atoms with Gasteiger partial charge in [0.05, 0.1) is 7.11 Å². The number of carbonyl (C=O) groups is 1. The minimum absolute atomic E-state index is 0.0358. The molecule has 158 valence electrons. The number of nitrogens with zero attached hydrogens (tertiary/aromatic N) is 2. The number of hydrogen-bond acceptors (Lipinski definition) is 4. The van der Waals surface area contributed by atoms with Gasteiger partial charge in [-0.15, -0.1) is 0 Å². The highest BCUT2D eigenvalue weighted by Crippen LogP contribution is 2.43. The summed E-state index contributed by atoms with van der Waals surface area (Å²) in [6.45, 7) is 5.46. The maximum Gasteiger partial charge on any atom is 0.258 e. The molecule has 0 spiro atoms. The summed E-state index contributed by atoms with van der Waals surface area (Å²) in [7, 11) is 1.35. The molecular formula is C23H25F2N3O2. The van der Waals surface area contributed by atoms with E-state index < -0.39 is 17.5 Å². The van der Waals surface area contributed by atoms with E-state index in [-0.39, 0.29) is 28.7 Å². The van der Waals surface area contributed by atoms with Crippen molar-refractivity contribution in [3.8, 4) is 5.75 Å². The number of benzene rings is 2. The van der Waals surface area contributed by atoms with E-state index >= 15 is 0 Å². The maximum absolute atomic E-state index is 14.6. The number of carbonyl (C=O) groups excluding carboxylic acids is 1. The van der Waals surface area contributed by atoms with Gasteiger partial charge in [0, 0.05) is 56.6 Å². The van der Waals surface area contributed by atoms with Crippen LogP contribution in [-0.2, 0) is 5.41 Å². The molecule has 7 heteroatoms. The van der Waals surface area contributed by atoms with Crippen LogP contribution in [0.4, 0.5) is 8.78 Å². The van der Waals surface area contributed by atoms with Crippen molar-refractivity contribution < 1.29 is 18.3 Å². The summed E-state index contributed by atoms with van der Waals surface area (Å²) in [5, 5.41) is 3.11. The van der Waals surface area contributed by atoms with Crippen molar-refractivity contribution in [2.24, 2.45) is 5.92 Å². The van der Waals surface area contributed by atoms with Crippen molar-refractivity contribution in [2.75, 3.05) is 46.4 Å². The van der Waals surface area contributed by atoms with Gasteiger partial charge in [0.1, 0.15) is 11.3 Å². The van der Waals surface area contributed by atoms with Gasteiger partial charge in [-0.05, 0) is 17.7 Å². The van der Waals surface area contributed by atoms with Crippen LogP contribution < -0.4 is 10.1 Å². The highest BCUT2D eigenvalue weighted by atomic mass is 19.2. The van der Waals surface area contributed by atoms with Crippen LogP contribution >= 0.6 is 0 Å². The van der Waals surface area contributed by atoms with Gasteiger partial charge in [0.15, 0.2) is 11.6 Å². The summed E-state index contributed by atoms with van der Waals surface area (Å²) in [4.78, 5) is 18.2. The standard InChI is InChI=1S/C23H25F2N3O2/c1-30-18-8-7-17(24)20(25)19(18)22(29)26-21-15-11-27-9-10-28(12-15)14-23(21,13-27)16-5-3-2-4-6-16/h2-8,15,21H,9-14H2,1H3,(H,26,29)/t15?,21-,23?/m1/s1. The first-order chi connectivity index (χ1) is 14.5. The monoisotopic (exact) mass is 413 g/mol. The Morgan fingerprint density at radius 2 is 1.73 bits per heavy atom. The third kappa shape index (κ3) is 2.99. The number of hydrogen-bond donors (Lipinski definition) is 1. The van der Waals surface area contributed by atoms with Gasteiger partial charge in [0.25, 0.3) is 5.91 Å². The average Bonchev–Trinajstić information content (AvgIpc) is 3.01. The lowest BCUT2D eigenvalue weighted by molar-refractivity contribution is 0.0179. The zero-order valence-electron chi connectivity index (χ0n) is 16.9. The van der Waals surface area contributed by atoms with Crippen LogP contribution in [0.1, 0.15) is 15.9 Å². The van der Waals surface area contributed by atoms with Gasteiger partial charge in [-0.1, -0.05) is 30.3 Å². The molecule has 4 heterocycles. The van der Waals surface area contributed by atoms with E-state index in [9.17, 15) is 13.6 Å². The number of methoxy groups -OCH3 is 1. The molecule has 1 amide bonds. The Labute approximate surface area is 174 Å². The van der Waals surface area contributed by atoms with Gasteiger partial charge in [-0.25, -0.2) is 8.78 Å². The lowest BCUT2D eigenvalue weighted by Gasteiger charge is -2.55. The van der Waals surface area contributed by atoms with Crippen molar-refractivity contribution in [2.45, 2.75) is 11.5 Å². The third-order valence-corrected chi connectivity index (χ3v) is 6.93. The second kappa shape index (κ2) is 7.32. The number of amides is 1. The second-order valence-electron chi connectivity index (χ2n) is 8.64. The maximum atomic E-state index is 14.6. The van der Waals surface area contributed by atoms with E-state index in [2.05, 4.69) is 27.2 Å². The molecule has 30 heavy (non-hydrogen) atoms. The minimum Gasteiger partial charge on any atom is -0.496 e. The molecule has 4 aliphatic rings. The molecule has 3 atom stereocenters. The topological polar surface area (TPSA) is 44.8 Å². The summed E-state index contributed by atoms with van der Waals surface area (Å²) < 4.78 is 33.6. The van der Waals surface area contributed by atoms with E-state index in [4.69, 9.17) is 4.74 Å². The number of halogens is 2. The van der Waals surface area contributed by atoms with Crippen LogP contribution in [0, 0.1) is 17.6 Å². The molecule has 0 saturated carbocycles. The van der Waals surface area contributed by atoms with Crippen molar-refractivity contribution in [1.29, 1.82) is 0 Å². The second-order valence-corrected chi connectivity index (χ2v) is 8.64. The highest BCUT2D eigenvalue weighted by molar-refractivity contribution is 5.97. The van der Waals surface area contributed by atoms with Crippen molar-refractivity contribution in [3.05, 3.63) is 65.2 Å². The Hall–Kier alpha value is -2.51. The molecule has 5 nitrogen and oxygen atoms in total. The van der Waals surface area contributed by atoms with Crippen molar-refractivity contribution in [1.82, 2.24) is 15.1 Å². The van der Waals surface area contributed by atoms with E-state index in [0.29, 0.717) is 0 Å². The van der Waals surface area contributed by atoms with E-state index in [1.165, 1.54) is 18.7 Å². The van der Waals surface area contributed by atoms with E-state index in [0.717, 1.165) is 45.3 Å². The SMILES string of the molecule is COc1ccc(F)c(F)c1C(=O)N[C@@H]1C2CN3CCN(C2)CC1(c1ccccc1)C3. The quantitative estimate of drug-likeness (QED) is 0.836. The van der Waals surface area contributed by atoms with Crippen LogP contribution in [0.2, 0.25) is 0 Å². The molecule has 4 aliphatic heterocycles. The Balaban J connectivity index is 1.55. The van der Waals surface area contributed by atoms with Crippen LogP contribution in [-0.4, -0.2) is 68.1 Å². The molecule has 1 N–H and O–H groups in total. The molecule has 0 radical (unpaired) electrons. The summed E-state index contributed by atoms with van der Waals surface area (Å²) in [6.07, 6.45) is 0. The number of fused-ring (bicyclic) bond motifs is 1. The van der Waals surface area contributed by atoms with Gasteiger partial charge in [-0.3, -0.25) is 4.79 Å². The average molecular weight is 413 g/mol. The van der Waals surface area contributed by atoms with Crippen LogP contribution in [0.3, 0.4) is 0 Å². The zero-order chi connectivity index (χ0) is 20.9. The molecule has 6 rings (SSSR count). The molecule has 4 bridgehead atoms. The first kappa shape index (κ1) is 19.5. The van der Waals surface area contributed by atoms with Crippen LogP contribution in [0.15, 0.2) is 42.5 Å². The summed E-state index contributed by atoms with van der Waals surface area (Å²) >= 11 is 0. The largest absolute Gasteiger partial charge is 0.496 e. The summed E-state index contributed by atoms with van der Waals surface area (Å²) in [5.41, 5.74) is 0.502. The number of rotatable bonds is 4. The number of piperidine rings is 2. The fourth-order valence-electron chi connectivity index (χ4n) is 5.70. The fraction of sp³-hybridized carbons (Fsp3) is 0.435. The molecular weight excluding hydrogens is 388 g/mol. The molecule has 2 aromatic rings. The Morgan fingerprint density at radius 1 is 1.07 bits per heavy atom. The van der Waals surface area contributed by atoms with E-state index in [1.807, 2.05) is 18.2 Å². The Kier molecular flexibility index (Phi) is 4.75. The van der Waals surface area contributed by atoms with Crippen molar-refractivity contribution in [3.63, 3.8) is 0 Å². The molecule has 4 saturated heterocycles. The lowest BCUT2D eigenvalue weighted by Crippen LogP contribution is -2.70. The smallest absolute Gasteiger partial charge is 0.258 e. The van der Waals surface area contributed by atoms with Gasteiger partial charge in [0.2, 0.25) is 0 Å². The molecule has 0 aromatic heterocycles. The highest BCUT2D eigenvalue weighted by Gasteiger charge is 2.55. The van der Waals surface area contributed by atoms with Crippen LogP contribution in [0.25, 0.3) is 0 Å². The first-order valence-electron chi connectivity index (χ1n) is 10.3. The van der Waals surface area contributed by atoms with E-state index in [1.54, 1.807) is 0 Å². The predicted molar refractivity (Wildman–Crippen MR) is 109 cm³/mol. The Morgan fingerprint density at radius 3 is 2.37 bits per heavy atom. The minimum atomic E-state index is -1.17. The molecule has 2 unspecified atom stereocenters. The summed E-state index contributed by atoms with van der Waals surface area (Å²) in [6, 6.07) is 12.3. The zero-order valence-corrected chi connectivity index (χ0v) is 16.9. The first-order valence-corrected chi connectivity index (χ1v) is 10.3. The van der Waals surface area contributed by atoms with Crippen molar-refractivity contribution >= 4 is 5.91 Å². The number of ether oxygens (including phenoxy) is 1. The number of nitrogens with one attached hydrogen (secondary N) is 1. The van der Waals surface area contributed by atoms with Gasteiger partial charge in [-0.2, -0.15) is 0 Å². The molecule has 2 aromatic carbocycles. The fourth-order valence-corrected chi connectivity index (χ4v) is 5.70. The Bertz CT molecular complexity index is 952. The summed E-state index contributed by atoms with van der Waals surface area (Å²) in [5.74, 6) is -2.61. The van der Waals surface area contributed by atoms with Gasteiger partial charge >= 0.3 is 0 Å². The molecule has 4 fully saturated rings. The van der Waals surface area contributed by atoms with Gasteiger partial charge < -0.3 is 19.9 Å². The molecule has 0 aliphatic carbocycles. The third-order valence-electron chi connectivity index (χ3n) is 6.93. The van der Waals surface area contributed by atoms with Crippen LogP contribution in [0.5, 0.6) is 5.75 Å². The predicted octanol–water partition coefficient (Wildman–Crippen LogP) is 2.27.